The summed E-state index contributed by atoms with van der Waals surface area (Å²) in [5.74, 6) is 0.359. The van der Waals surface area contributed by atoms with E-state index < -0.39 is 6.04 Å². The first-order chi connectivity index (χ1) is 11.2. The summed E-state index contributed by atoms with van der Waals surface area (Å²) in [5.41, 5.74) is 1.84. The largest absolute Gasteiger partial charge is 0.341 e. The quantitative estimate of drug-likeness (QED) is 0.924. The van der Waals surface area contributed by atoms with Crippen molar-refractivity contribution in [2.75, 3.05) is 13.1 Å². The van der Waals surface area contributed by atoms with Crippen LogP contribution in [0.4, 0.5) is 0 Å². The van der Waals surface area contributed by atoms with E-state index in [9.17, 15) is 9.59 Å². The maximum Gasteiger partial charge on any atom is 0.251 e. The van der Waals surface area contributed by atoms with Crippen LogP contribution in [0.15, 0.2) is 24.3 Å². The van der Waals surface area contributed by atoms with Gasteiger partial charge >= 0.3 is 0 Å². The minimum Gasteiger partial charge on any atom is -0.341 e. The zero-order valence-corrected chi connectivity index (χ0v) is 15.6. The van der Waals surface area contributed by atoms with Gasteiger partial charge < -0.3 is 10.2 Å². The van der Waals surface area contributed by atoms with E-state index in [1.807, 2.05) is 29.2 Å². The Bertz CT molecular complexity index is 587. The lowest BCUT2D eigenvalue weighted by Gasteiger charge is -2.33. The number of rotatable bonds is 3. The average Bonchev–Trinajstić information content (AvgIpc) is 2.53. The molecular formula is C20H30N2O2. The second-order valence-electron chi connectivity index (χ2n) is 8.05. The molecule has 1 aliphatic rings. The van der Waals surface area contributed by atoms with Gasteiger partial charge in [0.1, 0.15) is 6.04 Å². The molecule has 1 heterocycles. The summed E-state index contributed by atoms with van der Waals surface area (Å²) in [4.78, 5) is 26.8. The number of carbonyl (C=O) groups excluding carboxylic acids is 2. The van der Waals surface area contributed by atoms with Crippen molar-refractivity contribution in [1.29, 1.82) is 0 Å². The first-order valence-corrected chi connectivity index (χ1v) is 8.88. The van der Waals surface area contributed by atoms with Gasteiger partial charge in [0.15, 0.2) is 0 Å². The zero-order chi connectivity index (χ0) is 17.9. The third kappa shape index (κ3) is 4.59. The summed E-state index contributed by atoms with van der Waals surface area (Å²) < 4.78 is 0. The molecule has 24 heavy (non-hydrogen) atoms. The average molecular weight is 330 g/mol. The zero-order valence-electron chi connectivity index (χ0n) is 15.6. The number of hydrogen-bond acceptors (Lipinski definition) is 2. The molecular weight excluding hydrogens is 300 g/mol. The summed E-state index contributed by atoms with van der Waals surface area (Å²) in [6.07, 6.45) is 2.21. The Balaban J connectivity index is 1.97. The number of benzene rings is 1. The van der Waals surface area contributed by atoms with Crippen LogP contribution < -0.4 is 5.32 Å². The van der Waals surface area contributed by atoms with Crippen molar-refractivity contribution in [1.82, 2.24) is 10.2 Å². The Hall–Kier alpha value is -1.84. The number of piperidine rings is 1. The van der Waals surface area contributed by atoms with Gasteiger partial charge in [-0.05, 0) is 48.8 Å². The van der Waals surface area contributed by atoms with Crippen LogP contribution in [0.5, 0.6) is 0 Å². The Kier molecular flexibility index (Phi) is 5.68. The fourth-order valence-corrected chi connectivity index (χ4v) is 3.13. The third-order valence-corrected chi connectivity index (χ3v) is 4.70. The van der Waals surface area contributed by atoms with Crippen molar-refractivity contribution in [2.45, 2.75) is 58.9 Å². The number of nitrogens with one attached hydrogen (secondary N) is 1. The molecule has 2 unspecified atom stereocenters. The Morgan fingerprint density at radius 2 is 1.83 bits per heavy atom. The predicted molar refractivity (Wildman–Crippen MR) is 97.0 cm³/mol. The van der Waals surface area contributed by atoms with Gasteiger partial charge in [-0.3, -0.25) is 9.59 Å². The van der Waals surface area contributed by atoms with Gasteiger partial charge in [0.2, 0.25) is 5.91 Å². The Morgan fingerprint density at radius 1 is 1.21 bits per heavy atom. The van der Waals surface area contributed by atoms with Crippen molar-refractivity contribution in [3.8, 4) is 0 Å². The smallest absolute Gasteiger partial charge is 0.251 e. The summed E-state index contributed by atoms with van der Waals surface area (Å²) in [6.45, 7) is 11.9. The summed E-state index contributed by atoms with van der Waals surface area (Å²) >= 11 is 0. The van der Waals surface area contributed by atoms with E-state index in [-0.39, 0.29) is 17.2 Å². The molecule has 1 N–H and O–H groups in total. The van der Waals surface area contributed by atoms with Crippen LogP contribution in [0.3, 0.4) is 0 Å². The highest BCUT2D eigenvalue weighted by Gasteiger charge is 2.26. The Morgan fingerprint density at radius 3 is 2.38 bits per heavy atom. The van der Waals surface area contributed by atoms with Gasteiger partial charge in [0.05, 0.1) is 0 Å². The first-order valence-electron chi connectivity index (χ1n) is 8.88. The minimum absolute atomic E-state index is 0.0150. The predicted octanol–water partition coefficient (Wildman–Crippen LogP) is 3.36. The van der Waals surface area contributed by atoms with Crippen molar-refractivity contribution in [2.24, 2.45) is 5.92 Å². The molecule has 2 rings (SSSR count). The second kappa shape index (κ2) is 7.37. The molecule has 1 saturated heterocycles. The fourth-order valence-electron chi connectivity index (χ4n) is 3.13. The summed E-state index contributed by atoms with van der Waals surface area (Å²) in [5, 5.41) is 2.84. The molecule has 1 aromatic rings. The highest BCUT2D eigenvalue weighted by molar-refractivity contribution is 5.97. The monoisotopic (exact) mass is 330 g/mol. The highest BCUT2D eigenvalue weighted by Crippen LogP contribution is 2.22. The van der Waals surface area contributed by atoms with Gasteiger partial charge in [0, 0.05) is 18.7 Å². The number of carbonyl (C=O) groups is 2. The van der Waals surface area contributed by atoms with Crippen LogP contribution in [0.25, 0.3) is 0 Å². The van der Waals surface area contributed by atoms with Crippen LogP contribution in [-0.4, -0.2) is 35.8 Å². The van der Waals surface area contributed by atoms with E-state index in [2.05, 4.69) is 33.0 Å². The lowest BCUT2D eigenvalue weighted by atomic mass is 9.86. The highest BCUT2D eigenvalue weighted by atomic mass is 16.2. The fraction of sp³-hybridized carbons (Fsp3) is 0.600. The molecule has 1 aliphatic heterocycles. The molecule has 1 aromatic carbocycles. The number of likely N-dealkylation sites (tertiary alicyclic amines) is 1. The van der Waals surface area contributed by atoms with Gasteiger partial charge in [-0.25, -0.2) is 0 Å². The molecule has 1 fully saturated rings. The van der Waals surface area contributed by atoms with Crippen molar-refractivity contribution < 1.29 is 9.59 Å². The van der Waals surface area contributed by atoms with Crippen LogP contribution in [-0.2, 0) is 10.2 Å². The topological polar surface area (TPSA) is 49.4 Å². The Labute approximate surface area is 145 Å². The van der Waals surface area contributed by atoms with E-state index >= 15 is 0 Å². The maximum atomic E-state index is 12.5. The van der Waals surface area contributed by atoms with E-state index in [4.69, 9.17) is 0 Å². The van der Waals surface area contributed by atoms with Crippen LogP contribution in [0, 0.1) is 5.92 Å². The number of hydrogen-bond donors (Lipinski definition) is 1. The maximum absolute atomic E-state index is 12.5. The molecule has 0 aromatic heterocycles. The van der Waals surface area contributed by atoms with E-state index in [1.54, 1.807) is 6.92 Å². The number of nitrogens with zero attached hydrogens (tertiary/aromatic N) is 1. The van der Waals surface area contributed by atoms with Gasteiger partial charge in [-0.1, -0.05) is 39.8 Å². The second-order valence-corrected chi connectivity index (χ2v) is 8.05. The molecule has 0 spiro atoms. The molecule has 4 nitrogen and oxygen atoms in total. The van der Waals surface area contributed by atoms with Gasteiger partial charge in [-0.2, -0.15) is 0 Å². The molecule has 132 valence electrons. The van der Waals surface area contributed by atoms with Crippen LogP contribution >= 0.6 is 0 Å². The molecule has 0 aliphatic carbocycles. The SMILES string of the molecule is CC1CCCN(C(=O)C(C)NC(=O)c2ccc(C(C)(C)C)cc2)C1. The first kappa shape index (κ1) is 18.5. The van der Waals surface area contributed by atoms with Crippen LogP contribution in [0.1, 0.15) is 63.4 Å². The van der Waals surface area contributed by atoms with E-state index in [1.165, 1.54) is 12.0 Å². The lowest BCUT2D eigenvalue weighted by Crippen LogP contribution is -2.49. The van der Waals surface area contributed by atoms with Gasteiger partial charge in [-0.15, -0.1) is 0 Å². The summed E-state index contributed by atoms with van der Waals surface area (Å²) in [6, 6.07) is 7.12. The number of amides is 2. The molecule has 0 saturated carbocycles. The molecule has 2 amide bonds. The molecule has 0 bridgehead atoms. The minimum atomic E-state index is -0.495. The normalized spacial score (nSPS) is 19.7. The summed E-state index contributed by atoms with van der Waals surface area (Å²) in [7, 11) is 0. The van der Waals surface area contributed by atoms with Crippen molar-refractivity contribution >= 4 is 11.8 Å². The molecule has 4 heteroatoms. The lowest BCUT2D eigenvalue weighted by molar-refractivity contribution is -0.134. The van der Waals surface area contributed by atoms with E-state index in [0.717, 1.165) is 19.5 Å². The standard InChI is InChI=1S/C20H30N2O2/c1-14-7-6-12-22(13-14)19(24)15(2)21-18(23)16-8-10-17(11-9-16)20(3,4)5/h8-11,14-15H,6-7,12-13H2,1-5H3,(H,21,23). The van der Waals surface area contributed by atoms with Gasteiger partial charge in [0.25, 0.3) is 5.91 Å². The van der Waals surface area contributed by atoms with Crippen LogP contribution in [0.2, 0.25) is 0 Å². The van der Waals surface area contributed by atoms with E-state index in [0.29, 0.717) is 11.5 Å². The third-order valence-electron chi connectivity index (χ3n) is 4.70. The van der Waals surface area contributed by atoms with Crippen molar-refractivity contribution in [3.63, 3.8) is 0 Å². The van der Waals surface area contributed by atoms with Crippen molar-refractivity contribution in [3.05, 3.63) is 35.4 Å². The molecule has 2 atom stereocenters. The molecule has 0 radical (unpaired) electrons.